The highest BCUT2D eigenvalue weighted by atomic mass is 32.2. The minimum absolute atomic E-state index is 0.0163. The molecular weight excluding hydrogens is 1840 g/mol. The van der Waals surface area contributed by atoms with Gasteiger partial charge in [0.05, 0.1) is 179 Å². The van der Waals surface area contributed by atoms with Crippen LogP contribution in [0.1, 0.15) is 279 Å². The number of carbonyl (C=O) groups excluding carboxylic acids is 1. The van der Waals surface area contributed by atoms with Crippen LogP contribution in [0.25, 0.3) is 0 Å². The Bertz CT molecular complexity index is 4530. The topological polar surface area (TPSA) is 275 Å². The average Bonchev–Trinajstić information content (AvgIpc) is 1.61. The zero-order valence-electron chi connectivity index (χ0n) is 90.0. The van der Waals surface area contributed by atoms with E-state index in [4.69, 9.17) is 65.7 Å². The van der Waals surface area contributed by atoms with Gasteiger partial charge in [-0.05, 0) is 253 Å². The Morgan fingerprint density at radius 1 is 0.471 bits per heavy atom. The van der Waals surface area contributed by atoms with E-state index in [0.717, 1.165) is 112 Å². The standard InChI is InChI=1S/C57H94O11SSi.C57H92O11SSi/c2*1-15-21-48(68-70(13,14)57(9,10)11)54-40(8)39(7)53-47(67-54)28-26-43(65-53)33-45(59)56(69(60,61)44-23-18-17-19-24-44)52-50(66-51(55(52)62-12)30-35(3)16-2)34-49-38(6)36(4)31-42(64-49)25-27-46-37(5)32-41(63-46)22-20-29-58/h15,17-19,21,23-24,35-36,39-43,45-56,58-59H,5-6,16,20,22,25-34H2,1-4,7-14H3;15,17-19,21,23-24,29,35-36,39-43,45-56,59H,5-6,16,20,22,25-28,30-34H2,1-4,7-14H3/b2*21-15+/t2*35-,36-,39-,40+,41+,42+,43?,45?,46?,47?,48+,49?,50+,51-,52+,53?,54-,55+,56?/m11/s1. The number of allylic oxidation sites excluding steroid dienone is 2. The third-order valence-electron chi connectivity index (χ3n) is 35.2. The maximum Gasteiger partial charge on any atom is 0.193 e. The summed E-state index contributed by atoms with van der Waals surface area (Å²) in [7, 11) is -9.31. The molecule has 10 aliphatic rings. The molecule has 794 valence electrons. The normalized spacial score (nSPS) is 36.2. The van der Waals surface area contributed by atoms with Crippen LogP contribution in [0.3, 0.4) is 0 Å². The first-order chi connectivity index (χ1) is 66.1. The smallest absolute Gasteiger partial charge is 0.193 e. The summed E-state index contributed by atoms with van der Waals surface area (Å²) in [6.07, 6.45) is 16.4. The van der Waals surface area contributed by atoms with E-state index in [9.17, 15) is 20.1 Å². The van der Waals surface area contributed by atoms with Crippen molar-refractivity contribution in [3.05, 3.63) is 134 Å². The summed E-state index contributed by atoms with van der Waals surface area (Å²) in [5.74, 6) is -0.0409. The number of ether oxygens (including phenoxy) is 12. The molecule has 0 bridgehead atoms. The van der Waals surface area contributed by atoms with Crippen molar-refractivity contribution in [2.75, 3.05) is 20.8 Å². The first kappa shape index (κ1) is 116. The molecule has 10 aliphatic heterocycles. The first-order valence-electron chi connectivity index (χ1n) is 54.0. The fourth-order valence-corrected chi connectivity index (χ4v) is 30.7. The van der Waals surface area contributed by atoms with Gasteiger partial charge in [-0.15, -0.1) is 0 Å². The summed E-state index contributed by atoms with van der Waals surface area (Å²) in [4.78, 5) is 11.4. The van der Waals surface area contributed by atoms with E-state index < -0.39 is 120 Å². The van der Waals surface area contributed by atoms with Gasteiger partial charge < -0.3 is 85.8 Å². The molecule has 10 heterocycles. The lowest BCUT2D eigenvalue weighted by Crippen LogP contribution is -2.59. The molecule has 2 aromatic rings. The number of hydrogen-bond donors (Lipinski definition) is 3. The van der Waals surface area contributed by atoms with Crippen LogP contribution in [0.15, 0.2) is 143 Å². The van der Waals surface area contributed by atoms with E-state index in [1.807, 2.05) is 26.0 Å². The van der Waals surface area contributed by atoms with Gasteiger partial charge in [0.2, 0.25) is 0 Å². The monoisotopic (exact) mass is 2030 g/mol. The number of hydrogen-bond acceptors (Lipinski definition) is 22. The van der Waals surface area contributed by atoms with E-state index in [2.05, 4.69) is 188 Å². The summed E-state index contributed by atoms with van der Waals surface area (Å²) >= 11 is 0. The fraction of sp³-hybridized carbons (Fsp3) is 0.781. The molecule has 14 unspecified atom stereocenters. The molecule has 0 amide bonds. The van der Waals surface area contributed by atoms with Gasteiger partial charge in [-0.1, -0.05) is 211 Å². The molecular formula is C114H186O22S2Si2. The molecule has 3 N–H and O–H groups in total. The molecule has 38 atom stereocenters. The highest BCUT2D eigenvalue weighted by molar-refractivity contribution is 7.92. The van der Waals surface area contributed by atoms with Crippen molar-refractivity contribution in [1.82, 2.24) is 0 Å². The highest BCUT2D eigenvalue weighted by Gasteiger charge is 2.61. The predicted molar refractivity (Wildman–Crippen MR) is 561 cm³/mol. The van der Waals surface area contributed by atoms with Gasteiger partial charge in [0.25, 0.3) is 0 Å². The minimum atomic E-state index is -4.18. The van der Waals surface area contributed by atoms with Crippen LogP contribution in [0, 0.1) is 59.2 Å². The lowest BCUT2D eigenvalue weighted by molar-refractivity contribution is -0.240. The Hall–Kier alpha value is -3.80. The largest absolute Gasteiger partial charge is 0.408 e. The molecule has 10 fully saturated rings. The molecule has 0 aliphatic carbocycles. The lowest BCUT2D eigenvalue weighted by atomic mass is 9.77. The van der Waals surface area contributed by atoms with Crippen molar-refractivity contribution >= 4 is 42.6 Å². The summed E-state index contributed by atoms with van der Waals surface area (Å²) in [5.41, 5.74) is 4.10. The van der Waals surface area contributed by atoms with Crippen molar-refractivity contribution in [1.29, 1.82) is 0 Å². The lowest BCUT2D eigenvalue weighted by Gasteiger charge is -2.51. The maximum absolute atomic E-state index is 15.4. The first-order valence-corrected chi connectivity index (χ1v) is 62.9. The highest BCUT2D eigenvalue weighted by Crippen LogP contribution is 2.53. The number of aldehydes is 1. The van der Waals surface area contributed by atoms with E-state index in [1.54, 1.807) is 62.8 Å². The van der Waals surface area contributed by atoms with E-state index >= 15 is 16.8 Å². The van der Waals surface area contributed by atoms with Crippen molar-refractivity contribution in [3.63, 3.8) is 0 Å². The molecule has 10 saturated heterocycles. The molecule has 12 rings (SSSR count). The second-order valence-corrected chi connectivity index (χ2v) is 60.9. The van der Waals surface area contributed by atoms with Gasteiger partial charge in [0, 0.05) is 64.8 Å². The van der Waals surface area contributed by atoms with Gasteiger partial charge in [-0.25, -0.2) is 16.8 Å². The molecule has 0 saturated carbocycles. The summed E-state index contributed by atoms with van der Waals surface area (Å²) in [6, 6.07) is 17.1. The fourth-order valence-electron chi connectivity index (χ4n) is 23.9. The summed E-state index contributed by atoms with van der Waals surface area (Å²) in [6.45, 7) is 66.7. The number of benzene rings is 2. The van der Waals surface area contributed by atoms with Crippen molar-refractivity contribution in [2.45, 2.75) is 494 Å². The van der Waals surface area contributed by atoms with E-state index in [-0.39, 0.29) is 172 Å². The average molecular weight is 2030 g/mol. The van der Waals surface area contributed by atoms with E-state index in [0.29, 0.717) is 69.6 Å². The number of methoxy groups -OCH3 is 2. The third-order valence-corrected chi connectivity index (χ3v) is 48.7. The molecule has 140 heavy (non-hydrogen) atoms. The molecule has 0 spiro atoms. The third kappa shape index (κ3) is 28.3. The molecule has 26 heteroatoms. The zero-order chi connectivity index (χ0) is 103. The van der Waals surface area contributed by atoms with Crippen LogP contribution in [0.4, 0.5) is 0 Å². The van der Waals surface area contributed by atoms with Crippen LogP contribution in [-0.2, 0) is 90.2 Å². The minimum Gasteiger partial charge on any atom is -0.408 e. The summed E-state index contributed by atoms with van der Waals surface area (Å²) < 4.78 is 157. The van der Waals surface area contributed by atoms with Crippen LogP contribution in [0.2, 0.25) is 36.3 Å². The Labute approximate surface area is 847 Å². The van der Waals surface area contributed by atoms with Crippen LogP contribution >= 0.6 is 0 Å². The molecule has 22 nitrogen and oxygen atoms in total. The van der Waals surface area contributed by atoms with Crippen molar-refractivity contribution in [2.24, 2.45) is 59.2 Å². The van der Waals surface area contributed by atoms with E-state index in [1.165, 1.54) is 0 Å². The van der Waals surface area contributed by atoms with Gasteiger partial charge in [0.15, 0.2) is 36.3 Å². The van der Waals surface area contributed by atoms with Gasteiger partial charge in [-0.2, -0.15) is 0 Å². The van der Waals surface area contributed by atoms with Gasteiger partial charge in [0.1, 0.15) is 6.29 Å². The Kier molecular flexibility index (Phi) is 42.6. The van der Waals surface area contributed by atoms with Crippen LogP contribution in [-0.4, -0.2) is 245 Å². The summed E-state index contributed by atoms with van der Waals surface area (Å²) in [5, 5.41) is 32.6. The quantitative estimate of drug-likeness (QED) is 0.0316. The van der Waals surface area contributed by atoms with Crippen LogP contribution in [0.5, 0.6) is 0 Å². The SMILES string of the molecule is C=C1C[C@H](CCC=O)OC1CC[C@H]1C[C@@H](C)C(=C)C(C[C@@H]2O[C@H](C[C@H](C)CC)[C@H](OC)[C@H]2C(C(O)CC2CCC3O[C@@H]([C@H](/C=C/C)O[Si](C)(C)C(C)(C)C)[C@@H](C)[C@@H](C)C3O2)S(=O)(=O)c2ccccc2)O1.C=C1C[C@H](CCCO)OC1CC[C@H]1C[C@@H](C)C(=C)C(C[C@@H]2O[C@H](C[C@H](C)CC)[C@H](OC)[C@H]2C(C(O)CC2CCC3O[C@@H]([C@H](/C=C/C)O[Si](C)(C)C(C)(C)C)[C@@H](C)[C@@H](C)C3O2)S(=O)(=O)c2ccccc2)O1. The van der Waals surface area contributed by atoms with Crippen molar-refractivity contribution in [3.8, 4) is 0 Å². The number of sulfone groups is 2. The maximum atomic E-state index is 15.4. The van der Waals surface area contributed by atoms with Crippen LogP contribution < -0.4 is 0 Å². The Balaban J connectivity index is 0.000000268. The number of rotatable bonds is 44. The Morgan fingerprint density at radius 3 is 1.19 bits per heavy atom. The van der Waals surface area contributed by atoms with Crippen molar-refractivity contribution < 1.29 is 103 Å². The number of fused-ring (bicyclic) bond motifs is 2. The molecule has 0 radical (unpaired) electrons. The second kappa shape index (κ2) is 51.1. The number of aliphatic hydroxyl groups excluding tert-OH is 3. The predicted octanol–water partition coefficient (Wildman–Crippen LogP) is 22.2. The Morgan fingerprint density at radius 2 is 0.843 bits per heavy atom. The van der Waals surface area contributed by atoms with Gasteiger partial charge >= 0.3 is 0 Å². The second-order valence-electron chi connectivity index (χ2n) is 47.2. The number of carbonyl (C=O) groups is 1. The van der Waals surface area contributed by atoms with Gasteiger partial charge in [-0.3, -0.25) is 0 Å². The zero-order valence-corrected chi connectivity index (χ0v) is 93.7. The molecule has 0 aromatic heterocycles. The number of aliphatic hydroxyl groups is 3. The molecule has 2 aromatic carbocycles.